The molecule has 108 valence electrons. The Kier molecular flexibility index (Phi) is 5.01. The average Bonchev–Trinajstić information content (AvgIpc) is 3.08. The molecule has 1 aliphatic carbocycles. The molecule has 6 nitrogen and oxygen atoms in total. The number of amides is 1. The third-order valence-corrected chi connectivity index (χ3v) is 3.97. The van der Waals surface area contributed by atoms with Gasteiger partial charge in [0.25, 0.3) is 0 Å². The van der Waals surface area contributed by atoms with E-state index < -0.39 is 0 Å². The van der Waals surface area contributed by atoms with Gasteiger partial charge in [-0.2, -0.15) is 0 Å². The lowest BCUT2D eigenvalue weighted by Gasteiger charge is -2.29. The van der Waals surface area contributed by atoms with E-state index in [9.17, 15) is 4.79 Å². The molecule has 2 fully saturated rings. The second-order valence-corrected chi connectivity index (χ2v) is 5.39. The van der Waals surface area contributed by atoms with Crippen LogP contribution in [-0.2, 0) is 9.53 Å². The summed E-state index contributed by atoms with van der Waals surface area (Å²) in [6.45, 7) is 0.967. The second-order valence-electron chi connectivity index (χ2n) is 5.39. The minimum Gasteiger partial charge on any atom is -0.409 e. The Morgan fingerprint density at radius 1 is 1.32 bits per heavy atom. The zero-order valence-electron chi connectivity index (χ0n) is 11.3. The lowest BCUT2D eigenvalue weighted by atomic mass is 10.1. The summed E-state index contributed by atoms with van der Waals surface area (Å²) in [6.07, 6.45) is 6.75. The van der Waals surface area contributed by atoms with Crippen molar-refractivity contribution in [1.82, 2.24) is 4.90 Å². The topological polar surface area (TPSA) is 88.2 Å². The normalized spacial score (nSPS) is 24.8. The Balaban J connectivity index is 1.96. The number of ether oxygens (including phenoxy) is 1. The molecular weight excluding hydrogens is 246 g/mol. The molecule has 1 aliphatic heterocycles. The molecule has 1 saturated heterocycles. The smallest absolute Gasteiger partial charge is 0.225 e. The van der Waals surface area contributed by atoms with Crippen molar-refractivity contribution in [1.29, 1.82) is 0 Å². The molecule has 3 N–H and O–H groups in total. The van der Waals surface area contributed by atoms with E-state index in [-0.39, 0.29) is 30.4 Å². The van der Waals surface area contributed by atoms with Crippen molar-refractivity contribution in [3.63, 3.8) is 0 Å². The van der Waals surface area contributed by atoms with Crippen molar-refractivity contribution >= 4 is 11.7 Å². The molecule has 1 saturated carbocycles. The summed E-state index contributed by atoms with van der Waals surface area (Å²) < 4.78 is 5.51. The van der Waals surface area contributed by atoms with E-state index in [1.807, 2.05) is 0 Å². The largest absolute Gasteiger partial charge is 0.409 e. The van der Waals surface area contributed by atoms with Gasteiger partial charge in [0, 0.05) is 12.6 Å². The van der Waals surface area contributed by atoms with Crippen LogP contribution in [0.2, 0.25) is 0 Å². The van der Waals surface area contributed by atoms with Crippen LogP contribution < -0.4 is 5.73 Å². The van der Waals surface area contributed by atoms with Crippen LogP contribution in [0, 0.1) is 0 Å². The molecule has 2 rings (SSSR count). The van der Waals surface area contributed by atoms with Gasteiger partial charge in [-0.25, -0.2) is 0 Å². The zero-order valence-corrected chi connectivity index (χ0v) is 11.3. The van der Waals surface area contributed by atoms with E-state index in [1.165, 1.54) is 0 Å². The standard InChI is InChI=1S/C13H23N3O3/c14-12(15-18)9-16(10-4-1-2-5-10)13(17)8-11-6-3-7-19-11/h10-11,18H,1-9H2,(H2,14,15). The number of hydrogen-bond acceptors (Lipinski definition) is 4. The van der Waals surface area contributed by atoms with Crippen molar-refractivity contribution in [2.24, 2.45) is 10.9 Å². The van der Waals surface area contributed by atoms with Crippen LogP contribution in [0.3, 0.4) is 0 Å². The molecule has 1 unspecified atom stereocenters. The fourth-order valence-electron chi connectivity index (χ4n) is 2.96. The van der Waals surface area contributed by atoms with Crippen LogP contribution in [-0.4, -0.2) is 47.1 Å². The summed E-state index contributed by atoms with van der Waals surface area (Å²) in [5, 5.41) is 11.7. The summed E-state index contributed by atoms with van der Waals surface area (Å²) in [6, 6.07) is 0.231. The van der Waals surface area contributed by atoms with E-state index in [0.29, 0.717) is 6.42 Å². The molecule has 0 aromatic rings. The van der Waals surface area contributed by atoms with E-state index in [4.69, 9.17) is 15.7 Å². The van der Waals surface area contributed by atoms with Gasteiger partial charge in [-0.15, -0.1) is 0 Å². The summed E-state index contributed by atoms with van der Waals surface area (Å²) in [5.74, 6) is 0.151. The molecule has 0 aromatic carbocycles. The van der Waals surface area contributed by atoms with Gasteiger partial charge in [0.2, 0.25) is 5.91 Å². The van der Waals surface area contributed by atoms with Gasteiger partial charge in [-0.1, -0.05) is 18.0 Å². The number of carbonyl (C=O) groups is 1. The van der Waals surface area contributed by atoms with Crippen LogP contribution in [0.25, 0.3) is 0 Å². The number of rotatable bonds is 5. The zero-order chi connectivity index (χ0) is 13.7. The monoisotopic (exact) mass is 269 g/mol. The van der Waals surface area contributed by atoms with Gasteiger partial charge in [0.1, 0.15) is 0 Å². The first-order valence-corrected chi connectivity index (χ1v) is 7.08. The fourth-order valence-corrected chi connectivity index (χ4v) is 2.96. The highest BCUT2D eigenvalue weighted by Gasteiger charge is 2.29. The van der Waals surface area contributed by atoms with E-state index in [2.05, 4.69) is 5.16 Å². The van der Waals surface area contributed by atoms with Gasteiger partial charge < -0.3 is 20.6 Å². The maximum absolute atomic E-state index is 12.4. The molecule has 0 aromatic heterocycles. The maximum Gasteiger partial charge on any atom is 0.225 e. The van der Waals surface area contributed by atoms with Crippen LogP contribution in [0.1, 0.15) is 44.9 Å². The van der Waals surface area contributed by atoms with Gasteiger partial charge in [0.15, 0.2) is 5.84 Å². The number of oxime groups is 1. The molecule has 0 bridgehead atoms. The molecule has 6 heteroatoms. The predicted octanol–water partition coefficient (Wildman–Crippen LogP) is 1.07. The molecule has 1 heterocycles. The number of carbonyl (C=O) groups excluding carboxylic acids is 1. The maximum atomic E-state index is 12.4. The Morgan fingerprint density at radius 2 is 2.05 bits per heavy atom. The second kappa shape index (κ2) is 6.75. The highest BCUT2D eigenvalue weighted by molar-refractivity contribution is 5.87. The van der Waals surface area contributed by atoms with Gasteiger partial charge >= 0.3 is 0 Å². The molecular formula is C13H23N3O3. The highest BCUT2D eigenvalue weighted by atomic mass is 16.5. The number of hydrogen-bond donors (Lipinski definition) is 2. The summed E-state index contributed by atoms with van der Waals surface area (Å²) >= 11 is 0. The molecule has 19 heavy (non-hydrogen) atoms. The SMILES string of the molecule is NC(CN(C(=O)CC1CCCO1)C1CCCC1)=NO. The lowest BCUT2D eigenvalue weighted by molar-refractivity contribution is -0.134. The third kappa shape index (κ3) is 3.83. The van der Waals surface area contributed by atoms with Crippen molar-refractivity contribution in [2.75, 3.05) is 13.2 Å². The molecule has 0 radical (unpaired) electrons. The van der Waals surface area contributed by atoms with Crippen LogP contribution >= 0.6 is 0 Å². The predicted molar refractivity (Wildman–Crippen MR) is 71.0 cm³/mol. The highest BCUT2D eigenvalue weighted by Crippen LogP contribution is 2.25. The first kappa shape index (κ1) is 14.1. The Hall–Kier alpha value is -1.30. The summed E-state index contributed by atoms with van der Waals surface area (Å²) in [7, 11) is 0. The minimum absolute atomic E-state index is 0.0451. The summed E-state index contributed by atoms with van der Waals surface area (Å²) in [4.78, 5) is 14.2. The Labute approximate surface area is 113 Å². The van der Waals surface area contributed by atoms with Crippen molar-refractivity contribution in [2.45, 2.75) is 57.1 Å². The van der Waals surface area contributed by atoms with Gasteiger partial charge in [-0.3, -0.25) is 4.79 Å². The first-order chi connectivity index (χ1) is 9.20. The van der Waals surface area contributed by atoms with Crippen molar-refractivity contribution in [3.05, 3.63) is 0 Å². The number of nitrogens with zero attached hydrogens (tertiary/aromatic N) is 2. The number of nitrogens with two attached hydrogens (primary N) is 1. The van der Waals surface area contributed by atoms with E-state index in [1.54, 1.807) is 4.90 Å². The van der Waals surface area contributed by atoms with Gasteiger partial charge in [0.05, 0.1) is 19.1 Å². The fraction of sp³-hybridized carbons (Fsp3) is 0.846. The summed E-state index contributed by atoms with van der Waals surface area (Å²) in [5.41, 5.74) is 5.56. The Bertz CT molecular complexity index is 334. The molecule has 0 spiro atoms. The average molecular weight is 269 g/mol. The molecule has 2 aliphatic rings. The molecule has 1 amide bonds. The van der Waals surface area contributed by atoms with Crippen LogP contribution in [0.5, 0.6) is 0 Å². The first-order valence-electron chi connectivity index (χ1n) is 7.08. The quantitative estimate of drug-likeness (QED) is 0.338. The minimum atomic E-state index is 0.0451. The van der Waals surface area contributed by atoms with Crippen LogP contribution in [0.15, 0.2) is 5.16 Å². The van der Waals surface area contributed by atoms with Crippen molar-refractivity contribution in [3.8, 4) is 0 Å². The number of amidine groups is 1. The molecule has 1 atom stereocenters. The van der Waals surface area contributed by atoms with Gasteiger partial charge in [-0.05, 0) is 25.7 Å². The van der Waals surface area contributed by atoms with E-state index in [0.717, 1.165) is 45.1 Å². The van der Waals surface area contributed by atoms with E-state index >= 15 is 0 Å². The lowest BCUT2D eigenvalue weighted by Crippen LogP contribution is -2.45. The van der Waals surface area contributed by atoms with Crippen LogP contribution in [0.4, 0.5) is 0 Å². The third-order valence-electron chi connectivity index (χ3n) is 3.97. The van der Waals surface area contributed by atoms with Crippen molar-refractivity contribution < 1.29 is 14.7 Å². The Morgan fingerprint density at radius 3 is 2.63 bits per heavy atom.